The smallest absolute Gasteiger partial charge is 0.126 e. The summed E-state index contributed by atoms with van der Waals surface area (Å²) in [5.74, 6) is 0.486. The van der Waals surface area contributed by atoms with Crippen molar-refractivity contribution >= 4 is 0 Å². The Hall–Kier alpha value is -1.87. The summed E-state index contributed by atoms with van der Waals surface area (Å²) in [5, 5.41) is 3.27. The molecule has 0 spiro atoms. The SMILES string of the molecule is CNC(COc1ccc(F)c(C)c1)c1cc(C)cc(C)c1. The first-order chi connectivity index (χ1) is 9.99. The van der Waals surface area contributed by atoms with Gasteiger partial charge in [-0.2, -0.15) is 0 Å². The summed E-state index contributed by atoms with van der Waals surface area (Å²) in [6, 6.07) is 11.4. The van der Waals surface area contributed by atoms with Crippen LogP contribution in [0.5, 0.6) is 5.75 Å². The number of aryl methyl sites for hydroxylation is 3. The van der Waals surface area contributed by atoms with E-state index in [-0.39, 0.29) is 11.9 Å². The highest BCUT2D eigenvalue weighted by atomic mass is 19.1. The van der Waals surface area contributed by atoms with Gasteiger partial charge >= 0.3 is 0 Å². The Kier molecular flexibility index (Phi) is 4.97. The van der Waals surface area contributed by atoms with Crippen LogP contribution < -0.4 is 10.1 Å². The van der Waals surface area contributed by atoms with Crippen molar-refractivity contribution in [2.24, 2.45) is 0 Å². The molecule has 0 aliphatic carbocycles. The molecule has 2 aromatic rings. The highest BCUT2D eigenvalue weighted by Gasteiger charge is 2.11. The molecule has 0 heterocycles. The van der Waals surface area contributed by atoms with Gasteiger partial charge in [0, 0.05) is 0 Å². The molecule has 0 radical (unpaired) electrons. The summed E-state index contributed by atoms with van der Waals surface area (Å²) < 4.78 is 19.0. The fourth-order valence-corrected chi connectivity index (χ4v) is 2.44. The third-order valence-corrected chi connectivity index (χ3v) is 3.54. The van der Waals surface area contributed by atoms with Gasteiger partial charge in [0.25, 0.3) is 0 Å². The van der Waals surface area contributed by atoms with Crippen molar-refractivity contribution in [3.05, 3.63) is 64.5 Å². The molecule has 1 atom stereocenters. The van der Waals surface area contributed by atoms with Crippen LogP contribution in [0, 0.1) is 26.6 Å². The van der Waals surface area contributed by atoms with Crippen LogP contribution in [0.3, 0.4) is 0 Å². The maximum atomic E-state index is 13.2. The molecule has 0 aliphatic heterocycles. The monoisotopic (exact) mass is 287 g/mol. The van der Waals surface area contributed by atoms with Gasteiger partial charge in [0.05, 0.1) is 6.04 Å². The van der Waals surface area contributed by atoms with Gasteiger partial charge in [-0.05, 0) is 57.1 Å². The molecule has 0 bridgehead atoms. The van der Waals surface area contributed by atoms with Crippen molar-refractivity contribution in [2.45, 2.75) is 26.8 Å². The molecule has 112 valence electrons. The van der Waals surface area contributed by atoms with Gasteiger partial charge in [0.1, 0.15) is 18.2 Å². The van der Waals surface area contributed by atoms with Crippen LogP contribution in [0.1, 0.15) is 28.3 Å². The molecule has 2 aromatic carbocycles. The Morgan fingerprint density at radius 3 is 2.29 bits per heavy atom. The van der Waals surface area contributed by atoms with Gasteiger partial charge in [-0.15, -0.1) is 0 Å². The van der Waals surface area contributed by atoms with Crippen LogP contribution in [0.2, 0.25) is 0 Å². The van der Waals surface area contributed by atoms with Crippen molar-refractivity contribution in [3.63, 3.8) is 0 Å². The molecule has 2 nitrogen and oxygen atoms in total. The lowest BCUT2D eigenvalue weighted by Crippen LogP contribution is -2.23. The van der Waals surface area contributed by atoms with Crippen molar-refractivity contribution in [2.75, 3.05) is 13.7 Å². The minimum absolute atomic E-state index is 0.106. The maximum absolute atomic E-state index is 13.2. The van der Waals surface area contributed by atoms with Crippen LogP contribution in [0.4, 0.5) is 4.39 Å². The average molecular weight is 287 g/mol. The second kappa shape index (κ2) is 6.72. The zero-order valence-electron chi connectivity index (χ0n) is 13.0. The molecule has 0 saturated heterocycles. The average Bonchev–Trinajstić information content (AvgIpc) is 2.42. The largest absolute Gasteiger partial charge is 0.492 e. The van der Waals surface area contributed by atoms with E-state index in [0.717, 1.165) is 0 Å². The van der Waals surface area contributed by atoms with Crippen molar-refractivity contribution in [1.82, 2.24) is 5.32 Å². The number of ether oxygens (including phenoxy) is 1. The normalized spacial score (nSPS) is 12.2. The molecule has 0 fully saturated rings. The van der Waals surface area contributed by atoms with Gasteiger partial charge in [-0.25, -0.2) is 4.39 Å². The molecule has 1 unspecified atom stereocenters. The Morgan fingerprint density at radius 2 is 1.71 bits per heavy atom. The van der Waals surface area contributed by atoms with E-state index in [1.807, 2.05) is 7.05 Å². The van der Waals surface area contributed by atoms with E-state index in [0.29, 0.717) is 17.9 Å². The first kappa shape index (κ1) is 15.5. The molecule has 3 heteroatoms. The van der Waals surface area contributed by atoms with Crippen LogP contribution in [0.15, 0.2) is 36.4 Å². The number of rotatable bonds is 5. The number of likely N-dealkylation sites (N-methyl/N-ethyl adjacent to an activating group) is 1. The molecule has 0 saturated carbocycles. The zero-order valence-corrected chi connectivity index (χ0v) is 13.0. The van der Waals surface area contributed by atoms with Crippen LogP contribution in [0.25, 0.3) is 0 Å². The minimum Gasteiger partial charge on any atom is -0.492 e. The summed E-state index contributed by atoms with van der Waals surface area (Å²) in [4.78, 5) is 0. The standard InChI is InChI=1S/C18H22FNO/c1-12-7-13(2)9-15(8-12)18(20-4)11-21-16-5-6-17(19)14(3)10-16/h5-10,18,20H,11H2,1-4H3. The first-order valence-electron chi connectivity index (χ1n) is 7.14. The Bertz CT molecular complexity index is 604. The summed E-state index contributed by atoms with van der Waals surface area (Å²) in [6.07, 6.45) is 0. The van der Waals surface area contributed by atoms with Gasteiger partial charge in [-0.3, -0.25) is 0 Å². The molecular weight excluding hydrogens is 265 g/mol. The number of hydrogen-bond donors (Lipinski definition) is 1. The van der Waals surface area contributed by atoms with Gasteiger partial charge in [0.15, 0.2) is 0 Å². The van der Waals surface area contributed by atoms with Crippen molar-refractivity contribution in [1.29, 1.82) is 0 Å². The van der Waals surface area contributed by atoms with Gasteiger partial charge < -0.3 is 10.1 Å². The molecule has 1 N–H and O–H groups in total. The molecular formula is C18H22FNO. The van der Waals surface area contributed by atoms with E-state index in [9.17, 15) is 4.39 Å². The first-order valence-corrected chi connectivity index (χ1v) is 7.14. The Morgan fingerprint density at radius 1 is 1.05 bits per heavy atom. The predicted octanol–water partition coefficient (Wildman–Crippen LogP) is 4.09. The molecule has 2 rings (SSSR count). The Balaban J connectivity index is 2.10. The Labute approximate surface area is 126 Å². The number of hydrogen-bond acceptors (Lipinski definition) is 2. The van der Waals surface area contributed by atoms with Crippen LogP contribution >= 0.6 is 0 Å². The van der Waals surface area contributed by atoms with Crippen molar-refractivity contribution in [3.8, 4) is 5.75 Å². The van der Waals surface area contributed by atoms with E-state index in [1.165, 1.54) is 22.8 Å². The third kappa shape index (κ3) is 4.05. The minimum atomic E-state index is -0.207. The lowest BCUT2D eigenvalue weighted by Gasteiger charge is -2.19. The lowest BCUT2D eigenvalue weighted by atomic mass is 10.0. The molecule has 21 heavy (non-hydrogen) atoms. The second-order valence-corrected chi connectivity index (χ2v) is 5.48. The molecule has 0 aliphatic rings. The van der Waals surface area contributed by atoms with E-state index < -0.39 is 0 Å². The predicted molar refractivity (Wildman–Crippen MR) is 84.3 cm³/mol. The third-order valence-electron chi connectivity index (χ3n) is 3.54. The lowest BCUT2D eigenvalue weighted by molar-refractivity contribution is 0.272. The number of nitrogens with one attached hydrogen (secondary N) is 1. The molecule has 0 aromatic heterocycles. The van der Waals surface area contributed by atoms with Gasteiger partial charge in [-0.1, -0.05) is 29.3 Å². The topological polar surface area (TPSA) is 21.3 Å². The molecule has 0 amide bonds. The fourth-order valence-electron chi connectivity index (χ4n) is 2.44. The summed E-state index contributed by atoms with van der Waals surface area (Å²) >= 11 is 0. The quantitative estimate of drug-likeness (QED) is 0.894. The van der Waals surface area contributed by atoms with Gasteiger partial charge in [0.2, 0.25) is 0 Å². The zero-order chi connectivity index (χ0) is 15.4. The van der Waals surface area contributed by atoms with E-state index >= 15 is 0 Å². The summed E-state index contributed by atoms with van der Waals surface area (Å²) in [6.45, 7) is 6.42. The number of halogens is 1. The maximum Gasteiger partial charge on any atom is 0.126 e. The van der Waals surface area contributed by atoms with Crippen LogP contribution in [-0.2, 0) is 0 Å². The second-order valence-electron chi connectivity index (χ2n) is 5.48. The van der Waals surface area contributed by atoms with E-state index in [4.69, 9.17) is 4.74 Å². The fraction of sp³-hybridized carbons (Fsp3) is 0.333. The highest BCUT2D eigenvalue weighted by Crippen LogP contribution is 2.20. The van der Waals surface area contributed by atoms with E-state index in [2.05, 4.69) is 37.4 Å². The number of benzene rings is 2. The van der Waals surface area contributed by atoms with Crippen molar-refractivity contribution < 1.29 is 9.13 Å². The summed E-state index contributed by atoms with van der Waals surface area (Å²) in [7, 11) is 1.92. The highest BCUT2D eigenvalue weighted by molar-refractivity contribution is 5.32. The van der Waals surface area contributed by atoms with Crippen LogP contribution in [-0.4, -0.2) is 13.7 Å². The summed E-state index contributed by atoms with van der Waals surface area (Å²) in [5.41, 5.74) is 4.28. The van der Waals surface area contributed by atoms with E-state index in [1.54, 1.807) is 19.1 Å².